The molecule has 0 bridgehead atoms. The Hall–Kier alpha value is -9.20. The van der Waals surface area contributed by atoms with Crippen molar-refractivity contribution in [1.82, 2.24) is 52.4 Å². The lowest BCUT2D eigenvalue weighted by molar-refractivity contribution is -0.142. The van der Waals surface area contributed by atoms with Gasteiger partial charge in [0.1, 0.15) is 59.8 Å². The summed E-state index contributed by atoms with van der Waals surface area (Å²) in [4.78, 5) is 146. The number of nitrogens with one attached hydrogen (secondary N) is 8. The highest BCUT2D eigenvalue weighted by Gasteiger charge is 2.40. The molecule has 1 aromatic heterocycles. The maximum Gasteiger partial charge on any atom is 0.269 e. The number of amides is 10. The summed E-state index contributed by atoms with van der Waals surface area (Å²) in [6.45, 7) is 5.66. The molecule has 0 aliphatic carbocycles. The molecule has 1 aliphatic rings. The summed E-state index contributed by atoms with van der Waals surface area (Å²) in [5, 5.41) is 43.8. The number of hydrogen-bond donors (Lipinski definition) is 13. The predicted molar refractivity (Wildman–Crippen MR) is 315 cm³/mol. The number of carbonyl (C=O) groups is 10. The lowest BCUT2D eigenvalue weighted by Gasteiger charge is -2.31. The van der Waals surface area contributed by atoms with Gasteiger partial charge in [-0.3, -0.25) is 57.9 Å². The van der Waals surface area contributed by atoms with Crippen LogP contribution in [0.15, 0.2) is 96.1 Å². The number of hydrogen-bond acceptors (Lipinski definition) is 14. The third-order valence-corrected chi connectivity index (χ3v) is 14.0. The van der Waals surface area contributed by atoms with Crippen LogP contribution >= 0.6 is 0 Å². The summed E-state index contributed by atoms with van der Waals surface area (Å²) < 4.78 is 0. The average Bonchev–Trinajstić information content (AvgIpc) is 4.23. The number of aromatic hydroxyl groups is 1. The molecule has 1 aliphatic heterocycles. The van der Waals surface area contributed by atoms with Crippen LogP contribution in [0.3, 0.4) is 0 Å². The van der Waals surface area contributed by atoms with Gasteiger partial charge in [0.25, 0.3) is 5.91 Å². The molecule has 4 aromatic rings. The monoisotopic (exact) mass is 1180 g/mol. The van der Waals surface area contributed by atoms with Gasteiger partial charge in [0.15, 0.2) is 5.96 Å². The van der Waals surface area contributed by atoms with Crippen LogP contribution in [0.2, 0.25) is 0 Å². The van der Waals surface area contributed by atoms with Crippen LogP contribution in [0.5, 0.6) is 5.75 Å². The highest BCUT2D eigenvalue weighted by molar-refractivity contribution is 5.98. The summed E-state index contributed by atoms with van der Waals surface area (Å²) in [6, 6.07) is 13.3. The molecule has 85 heavy (non-hydrogen) atoms. The third kappa shape index (κ3) is 21.5. The smallest absolute Gasteiger partial charge is 0.269 e. The Morgan fingerprint density at radius 1 is 0.647 bits per heavy atom. The van der Waals surface area contributed by atoms with Crippen LogP contribution in [0.25, 0.3) is 10.8 Å². The topological polar surface area (TPSA) is 414 Å². The molecule has 458 valence electrons. The first kappa shape index (κ1) is 66.6. The number of fused-ring (bicyclic) bond motifs is 1. The van der Waals surface area contributed by atoms with E-state index in [1.807, 2.05) is 36.4 Å². The number of nitrogens with zero attached hydrogens (tertiary/aromatic N) is 3. The Labute approximate surface area is 493 Å². The molecule has 5 rings (SSSR count). The Morgan fingerprint density at radius 3 is 1.87 bits per heavy atom. The van der Waals surface area contributed by atoms with E-state index in [4.69, 9.17) is 17.2 Å². The Bertz CT molecular complexity index is 3000. The maximum atomic E-state index is 14.7. The largest absolute Gasteiger partial charge is 0.508 e. The van der Waals surface area contributed by atoms with Crippen LogP contribution in [-0.4, -0.2) is 160 Å². The normalized spacial score (nSPS) is 15.3. The maximum absolute atomic E-state index is 14.7. The standard InChI is InChI=1S/C59H80N14O12/c1-34(2)29-45(53(80)69-44(17-11-27-65-59(61)62)58(85)73-28-12-18-49(73)57(84)66-35(3)50(60)77)70-52(79)43(16-8-10-26-64-51(78)42-15-7-9-25-63-42)68-55(82)47(31-37-20-23-41(76)24-21-37)71-56(83)48(33-74)72-54(81)46(67-36(4)75)32-38-19-22-39-13-5-6-14-40(39)30-38/h5-7,9,13-15,19-25,30,34-35,43-49,74,76H,8,10-12,16-18,26-29,31-33H2,1-4H3,(H2,60,77)(H,64,78)(H,66,84)(H,67,75)(H,68,82)(H,69,80)(H,70,79)(H,71,83)(H,72,81)(H4,61,62,65)/t35-,43-,44+,45+,46-,47+,48+,49+/m1/s1. The molecular formula is C59H80N14O12. The second-order valence-corrected chi connectivity index (χ2v) is 21.4. The zero-order valence-corrected chi connectivity index (χ0v) is 48.3. The Balaban J connectivity index is 1.40. The van der Waals surface area contributed by atoms with Crippen molar-refractivity contribution < 1.29 is 58.2 Å². The van der Waals surface area contributed by atoms with Gasteiger partial charge in [0, 0.05) is 45.6 Å². The van der Waals surface area contributed by atoms with Gasteiger partial charge in [-0.2, -0.15) is 0 Å². The third-order valence-electron chi connectivity index (χ3n) is 14.0. The number of nitrogens with two attached hydrogens (primary N) is 3. The van der Waals surface area contributed by atoms with E-state index in [1.54, 1.807) is 32.0 Å². The number of aliphatic hydroxyl groups is 1. The molecule has 8 atom stereocenters. The average molecular weight is 1180 g/mol. The number of benzene rings is 3. The van der Waals surface area contributed by atoms with Crippen molar-refractivity contribution in [3.63, 3.8) is 0 Å². The van der Waals surface area contributed by atoms with Gasteiger partial charge < -0.3 is 74.8 Å². The van der Waals surface area contributed by atoms with Crippen LogP contribution in [-0.2, 0) is 56.0 Å². The number of aromatic nitrogens is 1. The molecule has 26 heteroatoms. The molecule has 16 N–H and O–H groups in total. The number of phenolic OH excluding ortho intramolecular Hbond substituents is 1. The lowest BCUT2D eigenvalue weighted by atomic mass is 10.00. The van der Waals surface area contributed by atoms with Gasteiger partial charge in [-0.05, 0) is 110 Å². The molecule has 0 spiro atoms. The first-order valence-corrected chi connectivity index (χ1v) is 28.3. The van der Waals surface area contributed by atoms with E-state index < -0.39 is 114 Å². The molecule has 0 radical (unpaired) electrons. The predicted octanol–water partition coefficient (Wildman–Crippen LogP) is -0.672. The fraction of sp³-hybridized carbons (Fsp3) is 0.458. The zero-order valence-electron chi connectivity index (χ0n) is 48.3. The second kappa shape index (κ2) is 33.2. The fourth-order valence-corrected chi connectivity index (χ4v) is 9.57. The number of likely N-dealkylation sites (tertiary alicyclic amines) is 1. The molecule has 2 heterocycles. The van der Waals surface area contributed by atoms with Gasteiger partial charge in [0.05, 0.1) is 6.61 Å². The summed E-state index contributed by atoms with van der Waals surface area (Å²) in [5.74, 6) is -7.87. The number of aliphatic hydroxyl groups excluding tert-OH is 1. The van der Waals surface area contributed by atoms with Gasteiger partial charge in [-0.1, -0.05) is 74.5 Å². The van der Waals surface area contributed by atoms with Crippen LogP contribution < -0.4 is 59.7 Å². The van der Waals surface area contributed by atoms with Crippen molar-refractivity contribution in [2.24, 2.45) is 28.1 Å². The summed E-state index contributed by atoms with van der Waals surface area (Å²) >= 11 is 0. The molecule has 1 saturated heterocycles. The molecular weight excluding hydrogens is 1100 g/mol. The fourth-order valence-electron chi connectivity index (χ4n) is 9.57. The minimum atomic E-state index is -1.66. The highest BCUT2D eigenvalue weighted by atomic mass is 16.3. The van der Waals surface area contributed by atoms with E-state index in [0.717, 1.165) is 10.8 Å². The van der Waals surface area contributed by atoms with Gasteiger partial charge in [-0.25, -0.2) is 0 Å². The summed E-state index contributed by atoms with van der Waals surface area (Å²) in [7, 11) is 0. The zero-order chi connectivity index (χ0) is 62.2. The van der Waals surface area contributed by atoms with Gasteiger partial charge in [-0.15, -0.1) is 0 Å². The van der Waals surface area contributed by atoms with Crippen molar-refractivity contribution in [3.05, 3.63) is 108 Å². The quantitative estimate of drug-likeness (QED) is 0.0164. The first-order chi connectivity index (χ1) is 40.5. The van der Waals surface area contributed by atoms with Crippen molar-refractivity contribution in [1.29, 1.82) is 0 Å². The Kier molecular flexibility index (Phi) is 26.0. The second-order valence-electron chi connectivity index (χ2n) is 21.4. The van der Waals surface area contributed by atoms with E-state index in [2.05, 4.69) is 52.5 Å². The van der Waals surface area contributed by atoms with Crippen molar-refractivity contribution in [3.8, 4) is 5.75 Å². The minimum absolute atomic E-state index is 0.00204. The van der Waals surface area contributed by atoms with E-state index in [1.165, 1.54) is 55.3 Å². The molecule has 0 saturated carbocycles. The summed E-state index contributed by atoms with van der Waals surface area (Å²) in [6.07, 6.45) is 2.59. The number of phenols is 1. The minimum Gasteiger partial charge on any atom is -0.508 e. The Morgan fingerprint density at radius 2 is 1.22 bits per heavy atom. The van der Waals surface area contributed by atoms with Crippen molar-refractivity contribution in [2.75, 3.05) is 26.2 Å². The van der Waals surface area contributed by atoms with Crippen LogP contribution in [0.1, 0.15) is 101 Å². The molecule has 26 nitrogen and oxygen atoms in total. The first-order valence-electron chi connectivity index (χ1n) is 28.3. The molecule has 10 amide bonds. The number of primary amides is 1. The van der Waals surface area contributed by atoms with Gasteiger partial charge in [0.2, 0.25) is 53.2 Å². The summed E-state index contributed by atoms with van der Waals surface area (Å²) in [5.41, 5.74) is 17.8. The molecule has 3 aromatic carbocycles. The number of carbonyl (C=O) groups excluding carboxylic acids is 10. The lowest BCUT2D eigenvalue weighted by Crippen LogP contribution is -2.61. The van der Waals surface area contributed by atoms with Crippen molar-refractivity contribution >= 4 is 75.8 Å². The molecule has 0 unspecified atom stereocenters. The number of pyridine rings is 1. The van der Waals surface area contributed by atoms with Crippen molar-refractivity contribution in [2.45, 2.75) is 140 Å². The number of rotatable bonds is 32. The SMILES string of the molecule is CC(=O)N[C@H](Cc1ccc2ccccc2c1)C(=O)N[C@@H](CO)C(=O)N[C@@H](Cc1ccc(O)cc1)C(=O)N[C@H](CCCCNC(=O)c1ccccn1)C(=O)N[C@@H](CC(C)C)C(=O)N[C@@H](CCCN=C(N)N)C(=O)N1CCC[C@H]1C(=O)N[C@H](C)C(N)=O. The van der Waals surface area contributed by atoms with E-state index in [0.29, 0.717) is 24.0 Å². The van der Waals surface area contributed by atoms with E-state index in [-0.39, 0.29) is 94.3 Å². The van der Waals surface area contributed by atoms with Gasteiger partial charge >= 0.3 is 0 Å². The molecule has 1 fully saturated rings. The van der Waals surface area contributed by atoms with Crippen LogP contribution in [0.4, 0.5) is 0 Å². The number of guanidine groups is 1. The van der Waals surface area contributed by atoms with Crippen LogP contribution in [0, 0.1) is 5.92 Å². The highest BCUT2D eigenvalue weighted by Crippen LogP contribution is 2.22. The number of aliphatic imine (C=N–C) groups is 1. The number of unbranched alkanes of at least 4 members (excludes halogenated alkanes) is 1. The van der Waals surface area contributed by atoms with E-state index in [9.17, 15) is 58.2 Å². The van der Waals surface area contributed by atoms with E-state index >= 15 is 0 Å².